The molecule has 120 valence electrons. The Bertz CT molecular complexity index is 526. The molecule has 1 heterocycles. The van der Waals surface area contributed by atoms with E-state index < -0.39 is 0 Å². The van der Waals surface area contributed by atoms with E-state index in [-0.39, 0.29) is 12.0 Å². The predicted molar refractivity (Wildman–Crippen MR) is 88.2 cm³/mol. The Balaban J connectivity index is 1.76. The Hall–Kier alpha value is -1.59. The van der Waals surface area contributed by atoms with Crippen molar-refractivity contribution >= 4 is 17.3 Å². The van der Waals surface area contributed by atoms with Crippen molar-refractivity contribution < 1.29 is 9.53 Å². The third kappa shape index (κ3) is 3.25. The van der Waals surface area contributed by atoms with Crippen LogP contribution in [0.1, 0.15) is 19.3 Å². The number of hydrogen-bond donors (Lipinski definition) is 1. The number of para-hydroxylation sites is 2. The van der Waals surface area contributed by atoms with Gasteiger partial charge in [-0.2, -0.15) is 0 Å². The van der Waals surface area contributed by atoms with Crippen LogP contribution in [0, 0.1) is 5.92 Å². The van der Waals surface area contributed by atoms with Crippen molar-refractivity contribution in [2.75, 3.05) is 43.1 Å². The zero-order valence-corrected chi connectivity index (χ0v) is 13.2. The topological polar surface area (TPSA) is 58.8 Å². The molecule has 0 spiro atoms. The third-order valence-electron chi connectivity index (χ3n) is 4.58. The van der Waals surface area contributed by atoms with Gasteiger partial charge >= 0.3 is 0 Å². The van der Waals surface area contributed by atoms with Gasteiger partial charge in [0, 0.05) is 33.3 Å². The molecule has 0 saturated heterocycles. The van der Waals surface area contributed by atoms with Crippen molar-refractivity contribution in [1.29, 1.82) is 0 Å². The van der Waals surface area contributed by atoms with E-state index in [2.05, 4.69) is 11.0 Å². The Labute approximate surface area is 132 Å². The van der Waals surface area contributed by atoms with Crippen LogP contribution in [0.4, 0.5) is 11.4 Å². The number of nitrogens with two attached hydrogens (primary N) is 1. The van der Waals surface area contributed by atoms with E-state index in [0.717, 1.165) is 31.2 Å². The third-order valence-corrected chi connectivity index (χ3v) is 4.58. The lowest BCUT2D eigenvalue weighted by molar-refractivity contribution is -0.120. The molecule has 1 fully saturated rings. The first-order chi connectivity index (χ1) is 10.7. The zero-order chi connectivity index (χ0) is 15.5. The van der Waals surface area contributed by atoms with Crippen LogP contribution >= 0.6 is 0 Å². The van der Waals surface area contributed by atoms with Crippen molar-refractivity contribution in [3.63, 3.8) is 0 Å². The van der Waals surface area contributed by atoms with Crippen molar-refractivity contribution in [2.24, 2.45) is 11.7 Å². The van der Waals surface area contributed by atoms with Crippen LogP contribution < -0.4 is 15.5 Å². The minimum Gasteiger partial charge on any atom is -0.380 e. The first-order valence-corrected chi connectivity index (χ1v) is 8.10. The standard InChI is InChI=1S/C17H25N3O2/c1-22-14(11-18)10-17(21)20-9-8-19(12-13-6-7-13)15-4-2-3-5-16(15)20/h2-5,13-14H,6-12,18H2,1H3. The normalized spacial score (nSPS) is 19.0. The predicted octanol–water partition coefficient (Wildman–Crippen LogP) is 1.61. The number of nitrogens with zero attached hydrogens (tertiary/aromatic N) is 2. The minimum absolute atomic E-state index is 0.0934. The van der Waals surface area contributed by atoms with Gasteiger partial charge in [0.15, 0.2) is 0 Å². The van der Waals surface area contributed by atoms with E-state index in [9.17, 15) is 4.79 Å². The molecule has 2 N–H and O–H groups in total. The summed E-state index contributed by atoms with van der Waals surface area (Å²) in [6.45, 7) is 3.12. The average Bonchev–Trinajstić information content (AvgIpc) is 3.36. The van der Waals surface area contributed by atoms with E-state index in [1.165, 1.54) is 18.5 Å². The summed E-state index contributed by atoms with van der Waals surface area (Å²) >= 11 is 0. The Morgan fingerprint density at radius 1 is 1.32 bits per heavy atom. The quantitative estimate of drug-likeness (QED) is 0.867. The summed E-state index contributed by atoms with van der Waals surface area (Å²) in [6.07, 6.45) is 2.81. The summed E-state index contributed by atoms with van der Waals surface area (Å²) in [5.74, 6) is 0.932. The van der Waals surface area contributed by atoms with E-state index in [4.69, 9.17) is 10.5 Å². The summed E-state index contributed by atoms with van der Waals surface area (Å²) in [6, 6.07) is 8.20. The van der Waals surface area contributed by atoms with Gasteiger partial charge in [0.2, 0.25) is 5.91 Å². The monoisotopic (exact) mass is 303 g/mol. The maximum Gasteiger partial charge on any atom is 0.229 e. The van der Waals surface area contributed by atoms with Gasteiger partial charge in [-0.25, -0.2) is 0 Å². The second-order valence-corrected chi connectivity index (χ2v) is 6.22. The second-order valence-electron chi connectivity index (χ2n) is 6.22. The number of rotatable bonds is 6. The van der Waals surface area contributed by atoms with Crippen LogP contribution in [0.3, 0.4) is 0 Å². The number of carbonyl (C=O) groups is 1. The van der Waals surface area contributed by atoms with Crippen molar-refractivity contribution in [3.05, 3.63) is 24.3 Å². The molecule has 0 radical (unpaired) electrons. The molecule has 1 unspecified atom stereocenters. The molecule has 1 saturated carbocycles. The van der Waals surface area contributed by atoms with E-state index in [0.29, 0.717) is 13.0 Å². The highest BCUT2D eigenvalue weighted by atomic mass is 16.5. The number of methoxy groups -OCH3 is 1. The Morgan fingerprint density at radius 3 is 2.68 bits per heavy atom. The largest absolute Gasteiger partial charge is 0.380 e. The van der Waals surface area contributed by atoms with Gasteiger partial charge in [-0.3, -0.25) is 4.79 Å². The molecule has 1 atom stereocenters. The molecule has 1 aliphatic carbocycles. The molecule has 1 aliphatic heterocycles. The molecule has 2 aliphatic rings. The van der Waals surface area contributed by atoms with Crippen LogP contribution in [-0.2, 0) is 9.53 Å². The number of carbonyl (C=O) groups excluding carboxylic acids is 1. The molecule has 1 aromatic rings. The van der Waals surface area contributed by atoms with Gasteiger partial charge in [0.25, 0.3) is 0 Å². The van der Waals surface area contributed by atoms with Gasteiger partial charge in [0.1, 0.15) is 0 Å². The van der Waals surface area contributed by atoms with Gasteiger partial charge in [-0.1, -0.05) is 12.1 Å². The molecule has 3 rings (SSSR count). The lowest BCUT2D eigenvalue weighted by Crippen LogP contribution is -2.46. The second kappa shape index (κ2) is 6.67. The molecule has 1 amide bonds. The lowest BCUT2D eigenvalue weighted by atomic mass is 10.1. The van der Waals surface area contributed by atoms with E-state index in [1.807, 2.05) is 23.1 Å². The summed E-state index contributed by atoms with van der Waals surface area (Å²) in [5.41, 5.74) is 7.83. The first-order valence-electron chi connectivity index (χ1n) is 8.10. The number of anilines is 2. The van der Waals surface area contributed by atoms with Crippen LogP contribution in [0.15, 0.2) is 24.3 Å². The number of amides is 1. The van der Waals surface area contributed by atoms with Crippen LogP contribution in [0.25, 0.3) is 0 Å². The Morgan fingerprint density at radius 2 is 2.05 bits per heavy atom. The van der Waals surface area contributed by atoms with Gasteiger partial charge in [-0.15, -0.1) is 0 Å². The SMILES string of the molecule is COC(CN)CC(=O)N1CCN(CC2CC2)c2ccccc21. The first kappa shape index (κ1) is 15.3. The average molecular weight is 303 g/mol. The van der Waals surface area contributed by atoms with E-state index >= 15 is 0 Å². The zero-order valence-electron chi connectivity index (χ0n) is 13.2. The smallest absolute Gasteiger partial charge is 0.229 e. The molecule has 5 heteroatoms. The summed E-state index contributed by atoms with van der Waals surface area (Å²) in [4.78, 5) is 16.9. The highest BCUT2D eigenvalue weighted by Gasteiger charge is 2.31. The molecule has 22 heavy (non-hydrogen) atoms. The minimum atomic E-state index is -0.204. The van der Waals surface area contributed by atoms with Crippen LogP contribution in [-0.4, -0.2) is 45.3 Å². The highest BCUT2D eigenvalue weighted by molar-refractivity contribution is 5.98. The number of fused-ring (bicyclic) bond motifs is 1. The molecular formula is C17H25N3O2. The molecular weight excluding hydrogens is 278 g/mol. The number of hydrogen-bond acceptors (Lipinski definition) is 4. The summed E-state index contributed by atoms with van der Waals surface area (Å²) in [7, 11) is 1.60. The van der Waals surface area contributed by atoms with Crippen molar-refractivity contribution in [1.82, 2.24) is 0 Å². The van der Waals surface area contributed by atoms with Crippen molar-refractivity contribution in [3.8, 4) is 0 Å². The van der Waals surface area contributed by atoms with Crippen LogP contribution in [0.2, 0.25) is 0 Å². The lowest BCUT2D eigenvalue weighted by Gasteiger charge is -2.38. The number of ether oxygens (including phenoxy) is 1. The van der Waals surface area contributed by atoms with Gasteiger partial charge in [-0.05, 0) is 30.9 Å². The fourth-order valence-corrected chi connectivity index (χ4v) is 3.05. The molecule has 5 nitrogen and oxygen atoms in total. The van der Waals surface area contributed by atoms with Gasteiger partial charge in [0.05, 0.1) is 23.9 Å². The maximum atomic E-state index is 12.6. The number of benzene rings is 1. The molecule has 0 bridgehead atoms. The fourth-order valence-electron chi connectivity index (χ4n) is 3.05. The maximum absolute atomic E-state index is 12.6. The molecule has 1 aromatic carbocycles. The molecule has 0 aromatic heterocycles. The van der Waals surface area contributed by atoms with E-state index in [1.54, 1.807) is 7.11 Å². The summed E-state index contributed by atoms with van der Waals surface area (Å²) in [5, 5.41) is 0. The van der Waals surface area contributed by atoms with Crippen LogP contribution in [0.5, 0.6) is 0 Å². The van der Waals surface area contributed by atoms with Gasteiger partial charge < -0.3 is 20.3 Å². The fraction of sp³-hybridized carbons (Fsp3) is 0.588. The highest BCUT2D eigenvalue weighted by Crippen LogP contribution is 2.37. The summed E-state index contributed by atoms with van der Waals surface area (Å²) < 4.78 is 5.25. The Kier molecular flexibility index (Phi) is 4.64. The van der Waals surface area contributed by atoms with Crippen molar-refractivity contribution in [2.45, 2.75) is 25.4 Å².